The molecule has 27 heavy (non-hydrogen) atoms. The number of hydrogen-bond acceptors (Lipinski definition) is 4. The van der Waals surface area contributed by atoms with Crippen molar-refractivity contribution in [2.24, 2.45) is 0 Å². The van der Waals surface area contributed by atoms with Crippen LogP contribution in [0.25, 0.3) is 0 Å². The summed E-state index contributed by atoms with van der Waals surface area (Å²) in [5.41, 5.74) is 2.50. The van der Waals surface area contributed by atoms with Gasteiger partial charge in [0.05, 0.1) is 5.56 Å². The van der Waals surface area contributed by atoms with Gasteiger partial charge in [-0.25, -0.2) is 0 Å². The molecule has 2 saturated heterocycles. The zero-order chi connectivity index (χ0) is 18.6. The summed E-state index contributed by atoms with van der Waals surface area (Å²) in [6.07, 6.45) is 5.72. The molecule has 0 spiro atoms. The Kier molecular flexibility index (Phi) is 5.05. The molecule has 6 nitrogen and oxygen atoms in total. The van der Waals surface area contributed by atoms with Crippen LogP contribution in [0, 0.1) is 0 Å². The number of amides is 2. The monoisotopic (exact) mass is 364 g/mol. The van der Waals surface area contributed by atoms with Gasteiger partial charge in [-0.2, -0.15) is 0 Å². The van der Waals surface area contributed by atoms with E-state index in [1.807, 2.05) is 29.2 Å². The predicted molar refractivity (Wildman–Crippen MR) is 104 cm³/mol. The van der Waals surface area contributed by atoms with Crippen molar-refractivity contribution in [3.63, 3.8) is 0 Å². The zero-order valence-electron chi connectivity index (χ0n) is 15.4. The van der Waals surface area contributed by atoms with Crippen molar-refractivity contribution in [1.29, 1.82) is 0 Å². The van der Waals surface area contributed by atoms with Crippen LogP contribution >= 0.6 is 0 Å². The van der Waals surface area contributed by atoms with Crippen molar-refractivity contribution in [1.82, 2.24) is 14.8 Å². The molecular weight excluding hydrogens is 340 g/mol. The third-order valence-electron chi connectivity index (χ3n) is 5.35. The first-order chi connectivity index (χ1) is 13.2. The number of hydrogen-bond donors (Lipinski definition) is 0. The lowest BCUT2D eigenvalue weighted by atomic mass is 10.1. The summed E-state index contributed by atoms with van der Waals surface area (Å²) in [6.45, 7) is 4.40. The largest absolute Gasteiger partial charge is 0.372 e. The van der Waals surface area contributed by atoms with Gasteiger partial charge in [-0.3, -0.25) is 14.6 Å². The van der Waals surface area contributed by atoms with E-state index in [1.54, 1.807) is 29.4 Å². The predicted octanol–water partition coefficient (Wildman–Crippen LogP) is 2.28. The maximum atomic E-state index is 12.8. The van der Waals surface area contributed by atoms with Crippen LogP contribution in [0.5, 0.6) is 0 Å². The van der Waals surface area contributed by atoms with E-state index in [0.717, 1.165) is 13.1 Å². The highest BCUT2D eigenvalue weighted by Crippen LogP contribution is 2.21. The number of pyridine rings is 1. The second-order valence-corrected chi connectivity index (χ2v) is 7.07. The van der Waals surface area contributed by atoms with Gasteiger partial charge in [0, 0.05) is 62.9 Å². The fourth-order valence-electron chi connectivity index (χ4n) is 3.76. The standard InChI is InChI=1S/C21H24N4O2/c26-20(17-5-7-19(8-6-17)23-10-1-2-11-23)24-12-14-25(15-13-24)21(27)18-4-3-9-22-16-18/h3-9,16H,1-2,10-15H2. The van der Waals surface area contributed by atoms with Gasteiger partial charge >= 0.3 is 0 Å². The van der Waals surface area contributed by atoms with Gasteiger partial charge in [-0.15, -0.1) is 0 Å². The van der Waals surface area contributed by atoms with E-state index in [-0.39, 0.29) is 11.8 Å². The van der Waals surface area contributed by atoms with E-state index in [2.05, 4.69) is 9.88 Å². The van der Waals surface area contributed by atoms with Crippen LogP contribution in [0.3, 0.4) is 0 Å². The minimum atomic E-state index is -0.0230. The van der Waals surface area contributed by atoms with Gasteiger partial charge in [0.2, 0.25) is 0 Å². The Balaban J connectivity index is 1.35. The maximum absolute atomic E-state index is 12.8. The molecule has 0 unspecified atom stereocenters. The van der Waals surface area contributed by atoms with E-state index in [9.17, 15) is 9.59 Å². The molecule has 0 saturated carbocycles. The lowest BCUT2D eigenvalue weighted by Crippen LogP contribution is -2.50. The minimum Gasteiger partial charge on any atom is -0.372 e. The molecule has 4 rings (SSSR count). The van der Waals surface area contributed by atoms with Crippen LogP contribution in [0.15, 0.2) is 48.8 Å². The highest BCUT2D eigenvalue weighted by molar-refractivity contribution is 5.96. The smallest absolute Gasteiger partial charge is 0.255 e. The van der Waals surface area contributed by atoms with Crippen molar-refractivity contribution < 1.29 is 9.59 Å². The van der Waals surface area contributed by atoms with Gasteiger partial charge in [0.25, 0.3) is 11.8 Å². The van der Waals surface area contributed by atoms with Crippen molar-refractivity contribution in [3.05, 3.63) is 59.9 Å². The number of anilines is 1. The average Bonchev–Trinajstić information content (AvgIpc) is 3.28. The summed E-state index contributed by atoms with van der Waals surface area (Å²) < 4.78 is 0. The first kappa shape index (κ1) is 17.5. The molecule has 2 aliphatic heterocycles. The van der Waals surface area contributed by atoms with E-state index in [0.29, 0.717) is 37.3 Å². The third-order valence-corrected chi connectivity index (χ3v) is 5.35. The Morgan fingerprint density at radius 2 is 1.33 bits per heavy atom. The van der Waals surface area contributed by atoms with Crippen LogP contribution in [0.1, 0.15) is 33.6 Å². The number of carbonyl (C=O) groups is 2. The summed E-state index contributed by atoms with van der Waals surface area (Å²) >= 11 is 0. The van der Waals surface area contributed by atoms with E-state index >= 15 is 0 Å². The van der Waals surface area contributed by atoms with Gasteiger partial charge in [-0.1, -0.05) is 0 Å². The number of benzene rings is 1. The molecule has 2 fully saturated rings. The van der Waals surface area contributed by atoms with Gasteiger partial charge in [0.15, 0.2) is 0 Å². The lowest BCUT2D eigenvalue weighted by molar-refractivity contribution is 0.0535. The highest BCUT2D eigenvalue weighted by Gasteiger charge is 2.25. The molecule has 0 radical (unpaired) electrons. The summed E-state index contributed by atoms with van der Waals surface area (Å²) in [5.74, 6) is 0.0154. The average molecular weight is 364 g/mol. The van der Waals surface area contributed by atoms with Crippen LogP contribution < -0.4 is 4.90 Å². The van der Waals surface area contributed by atoms with Crippen molar-refractivity contribution >= 4 is 17.5 Å². The Hall–Kier alpha value is -2.89. The molecule has 0 aliphatic carbocycles. The van der Waals surface area contributed by atoms with Gasteiger partial charge in [0.1, 0.15) is 0 Å². The second-order valence-electron chi connectivity index (χ2n) is 7.07. The molecule has 2 amide bonds. The molecule has 2 aliphatic rings. The molecule has 0 atom stereocenters. The third kappa shape index (κ3) is 3.79. The maximum Gasteiger partial charge on any atom is 0.255 e. The molecule has 6 heteroatoms. The Morgan fingerprint density at radius 3 is 1.89 bits per heavy atom. The Morgan fingerprint density at radius 1 is 0.741 bits per heavy atom. The van der Waals surface area contributed by atoms with Gasteiger partial charge in [-0.05, 0) is 49.2 Å². The summed E-state index contributed by atoms with van der Waals surface area (Å²) in [4.78, 5) is 35.2. The molecule has 140 valence electrons. The molecule has 3 heterocycles. The molecule has 1 aromatic heterocycles. The number of piperazine rings is 1. The first-order valence-corrected chi connectivity index (χ1v) is 9.56. The van der Waals surface area contributed by atoms with Crippen molar-refractivity contribution in [3.8, 4) is 0 Å². The number of rotatable bonds is 3. The summed E-state index contributed by atoms with van der Waals surface area (Å²) in [5, 5.41) is 0. The Bertz CT molecular complexity index is 793. The topological polar surface area (TPSA) is 56.8 Å². The SMILES string of the molecule is O=C(c1ccc(N2CCCC2)cc1)N1CCN(C(=O)c2cccnc2)CC1. The summed E-state index contributed by atoms with van der Waals surface area (Å²) in [7, 11) is 0. The normalized spacial score (nSPS) is 17.3. The van der Waals surface area contributed by atoms with E-state index in [4.69, 9.17) is 0 Å². The first-order valence-electron chi connectivity index (χ1n) is 9.56. The molecule has 0 N–H and O–H groups in total. The molecular formula is C21H24N4O2. The fourth-order valence-corrected chi connectivity index (χ4v) is 3.76. The van der Waals surface area contributed by atoms with Crippen LogP contribution in [0.2, 0.25) is 0 Å². The van der Waals surface area contributed by atoms with Crippen molar-refractivity contribution in [2.45, 2.75) is 12.8 Å². The summed E-state index contributed by atoms with van der Waals surface area (Å²) in [6, 6.07) is 11.5. The molecule has 1 aromatic carbocycles. The van der Waals surface area contributed by atoms with E-state index < -0.39 is 0 Å². The van der Waals surface area contributed by atoms with Crippen molar-refractivity contribution in [2.75, 3.05) is 44.2 Å². The van der Waals surface area contributed by atoms with Crippen LogP contribution in [-0.2, 0) is 0 Å². The quantitative estimate of drug-likeness (QED) is 0.838. The van der Waals surface area contributed by atoms with Crippen LogP contribution in [0.4, 0.5) is 5.69 Å². The minimum absolute atomic E-state index is 0.0230. The molecule has 0 bridgehead atoms. The molecule has 2 aromatic rings. The highest BCUT2D eigenvalue weighted by atomic mass is 16.2. The number of nitrogens with zero attached hydrogens (tertiary/aromatic N) is 4. The van der Waals surface area contributed by atoms with Gasteiger partial charge < -0.3 is 14.7 Å². The van der Waals surface area contributed by atoms with E-state index in [1.165, 1.54) is 18.5 Å². The second kappa shape index (κ2) is 7.78. The number of aromatic nitrogens is 1. The number of carbonyl (C=O) groups excluding carboxylic acids is 2. The zero-order valence-corrected chi connectivity index (χ0v) is 15.4. The Labute approximate surface area is 159 Å². The fraction of sp³-hybridized carbons (Fsp3) is 0.381. The lowest BCUT2D eigenvalue weighted by Gasteiger charge is -2.34. The van der Waals surface area contributed by atoms with Crippen LogP contribution in [-0.4, -0.2) is 65.9 Å².